The molecule has 0 aromatic heterocycles. The molecule has 2 nitrogen and oxygen atoms in total. The maximum atomic E-state index is 10.5. The number of unbranched alkanes of at least 4 members (excludes halogenated alkanes) is 1. The first-order chi connectivity index (χ1) is 5.25. The van der Waals surface area contributed by atoms with Gasteiger partial charge in [-0.05, 0) is 23.8 Å². The SMILES string of the molecule is C=CCCC[C@@H]1C[C@@H]1[P+](=O)O. The summed E-state index contributed by atoms with van der Waals surface area (Å²) >= 11 is 0. The van der Waals surface area contributed by atoms with Crippen molar-refractivity contribution in [3.63, 3.8) is 0 Å². The van der Waals surface area contributed by atoms with Gasteiger partial charge in [-0.25, -0.2) is 0 Å². The fourth-order valence-corrected chi connectivity index (χ4v) is 2.30. The van der Waals surface area contributed by atoms with Crippen molar-refractivity contribution >= 4 is 8.03 Å². The molecule has 1 rings (SSSR count). The molecule has 0 saturated heterocycles. The summed E-state index contributed by atoms with van der Waals surface area (Å²) in [5.74, 6) is 0.531. The molecule has 62 valence electrons. The van der Waals surface area contributed by atoms with Crippen molar-refractivity contribution in [3.05, 3.63) is 12.7 Å². The Hall–Kier alpha value is -0.200. The zero-order chi connectivity index (χ0) is 8.27. The fourth-order valence-electron chi connectivity index (χ4n) is 1.34. The van der Waals surface area contributed by atoms with Gasteiger partial charge in [-0.1, -0.05) is 6.08 Å². The molecular weight excluding hydrogens is 159 g/mol. The fraction of sp³-hybridized carbons (Fsp3) is 0.750. The Kier molecular flexibility index (Phi) is 3.22. The molecule has 0 spiro atoms. The van der Waals surface area contributed by atoms with Crippen LogP contribution in [0.5, 0.6) is 0 Å². The lowest BCUT2D eigenvalue weighted by atomic mass is 10.2. The zero-order valence-electron chi connectivity index (χ0n) is 6.57. The third kappa shape index (κ3) is 2.72. The van der Waals surface area contributed by atoms with E-state index in [1.165, 1.54) is 0 Å². The van der Waals surface area contributed by atoms with Gasteiger partial charge < -0.3 is 0 Å². The molecule has 1 aliphatic rings. The number of hydrogen-bond donors (Lipinski definition) is 1. The smallest absolute Gasteiger partial charge is 0.161 e. The maximum absolute atomic E-state index is 10.5. The highest BCUT2D eigenvalue weighted by atomic mass is 31.1. The van der Waals surface area contributed by atoms with Crippen molar-refractivity contribution in [2.75, 3.05) is 0 Å². The largest absolute Gasteiger partial charge is 0.508 e. The van der Waals surface area contributed by atoms with E-state index in [-0.39, 0.29) is 5.66 Å². The first kappa shape index (κ1) is 8.89. The average molecular weight is 173 g/mol. The van der Waals surface area contributed by atoms with Crippen molar-refractivity contribution in [2.45, 2.75) is 31.3 Å². The van der Waals surface area contributed by atoms with Gasteiger partial charge in [0.25, 0.3) is 0 Å². The molecule has 0 heterocycles. The van der Waals surface area contributed by atoms with E-state index in [1.807, 2.05) is 6.08 Å². The molecule has 11 heavy (non-hydrogen) atoms. The van der Waals surface area contributed by atoms with Gasteiger partial charge in [0.2, 0.25) is 0 Å². The van der Waals surface area contributed by atoms with E-state index in [9.17, 15) is 4.57 Å². The predicted molar refractivity (Wildman–Crippen MR) is 45.8 cm³/mol. The Morgan fingerprint density at radius 1 is 1.73 bits per heavy atom. The van der Waals surface area contributed by atoms with Crippen molar-refractivity contribution in [1.29, 1.82) is 0 Å². The van der Waals surface area contributed by atoms with E-state index in [0.717, 1.165) is 25.7 Å². The summed E-state index contributed by atoms with van der Waals surface area (Å²) in [6.07, 6.45) is 6.11. The van der Waals surface area contributed by atoms with Crippen molar-refractivity contribution in [1.82, 2.24) is 0 Å². The van der Waals surface area contributed by atoms with Crippen LogP contribution in [0.25, 0.3) is 0 Å². The van der Waals surface area contributed by atoms with Crippen molar-refractivity contribution in [3.8, 4) is 0 Å². The Balaban J connectivity index is 2.04. The minimum atomic E-state index is -1.88. The second-order valence-corrected chi connectivity index (χ2v) is 4.35. The Bertz CT molecular complexity index is 167. The minimum Gasteiger partial charge on any atom is -0.161 e. The molecule has 0 radical (unpaired) electrons. The molecule has 1 N–H and O–H groups in total. The summed E-state index contributed by atoms with van der Waals surface area (Å²) in [6.45, 7) is 3.63. The van der Waals surface area contributed by atoms with Gasteiger partial charge in [-0.3, -0.25) is 0 Å². The summed E-state index contributed by atoms with van der Waals surface area (Å²) < 4.78 is 10.5. The van der Waals surface area contributed by atoms with E-state index in [1.54, 1.807) is 0 Å². The van der Waals surface area contributed by atoms with Crippen LogP contribution in [0, 0.1) is 5.92 Å². The van der Waals surface area contributed by atoms with Gasteiger partial charge in [-0.2, -0.15) is 4.89 Å². The molecule has 1 fully saturated rings. The van der Waals surface area contributed by atoms with Crippen LogP contribution in [0.15, 0.2) is 12.7 Å². The molecule has 0 aromatic rings. The lowest BCUT2D eigenvalue weighted by molar-refractivity contribution is 0.498. The van der Waals surface area contributed by atoms with Crippen LogP contribution in [0.3, 0.4) is 0 Å². The van der Waals surface area contributed by atoms with Gasteiger partial charge >= 0.3 is 8.03 Å². The Labute approximate surface area is 68.2 Å². The van der Waals surface area contributed by atoms with Gasteiger partial charge in [0.15, 0.2) is 5.66 Å². The van der Waals surface area contributed by atoms with Crippen molar-refractivity contribution < 1.29 is 9.46 Å². The number of allylic oxidation sites excluding steroid dienone is 1. The summed E-state index contributed by atoms with van der Waals surface area (Å²) in [5, 5.41) is 0. The second-order valence-electron chi connectivity index (χ2n) is 3.09. The van der Waals surface area contributed by atoms with Crippen LogP contribution in [0.1, 0.15) is 25.7 Å². The van der Waals surface area contributed by atoms with Gasteiger partial charge in [-0.15, -0.1) is 6.58 Å². The minimum absolute atomic E-state index is 0.120. The van der Waals surface area contributed by atoms with Crippen LogP contribution in [-0.4, -0.2) is 10.6 Å². The monoisotopic (exact) mass is 173 g/mol. The summed E-state index contributed by atoms with van der Waals surface area (Å²) in [7, 11) is -1.88. The Morgan fingerprint density at radius 2 is 2.45 bits per heavy atom. The molecule has 0 bridgehead atoms. The topological polar surface area (TPSA) is 37.3 Å². The predicted octanol–water partition coefficient (Wildman–Crippen LogP) is 2.47. The molecule has 0 aliphatic heterocycles. The highest BCUT2D eigenvalue weighted by Crippen LogP contribution is 2.50. The standard InChI is InChI=1S/C8H13O2P/c1-2-3-4-5-7-6-8(7)11(9)10/h2,7-8H,1,3-6H2/p+1/t7-,8+/m1/s1. The van der Waals surface area contributed by atoms with Crippen LogP contribution in [0.4, 0.5) is 0 Å². The summed E-state index contributed by atoms with van der Waals surface area (Å²) in [5.41, 5.74) is 0.120. The van der Waals surface area contributed by atoms with Gasteiger partial charge in [0, 0.05) is 12.3 Å². The Morgan fingerprint density at radius 3 is 2.91 bits per heavy atom. The lowest BCUT2D eigenvalue weighted by Crippen LogP contribution is -1.82. The van der Waals surface area contributed by atoms with Crippen LogP contribution in [-0.2, 0) is 4.57 Å². The molecule has 3 atom stereocenters. The molecule has 0 aromatic carbocycles. The number of hydrogen-bond acceptors (Lipinski definition) is 1. The van der Waals surface area contributed by atoms with Crippen LogP contribution in [0.2, 0.25) is 0 Å². The van der Waals surface area contributed by atoms with Gasteiger partial charge in [0.05, 0.1) is 0 Å². The molecule has 3 heteroatoms. The van der Waals surface area contributed by atoms with E-state index < -0.39 is 8.03 Å². The van der Waals surface area contributed by atoms with E-state index >= 15 is 0 Å². The third-order valence-corrected chi connectivity index (χ3v) is 3.35. The molecule has 0 amide bonds. The summed E-state index contributed by atoms with van der Waals surface area (Å²) in [4.78, 5) is 8.71. The van der Waals surface area contributed by atoms with E-state index in [4.69, 9.17) is 4.89 Å². The maximum Gasteiger partial charge on any atom is 0.508 e. The first-order valence-electron chi connectivity index (χ1n) is 4.02. The molecule has 1 aliphatic carbocycles. The first-order valence-corrected chi connectivity index (χ1v) is 5.30. The van der Waals surface area contributed by atoms with Crippen LogP contribution < -0.4 is 0 Å². The molecule has 1 unspecified atom stereocenters. The normalized spacial score (nSPS) is 29.7. The molecule has 1 saturated carbocycles. The highest BCUT2D eigenvalue weighted by Gasteiger charge is 2.51. The molecular formula is C8H14O2P+. The average Bonchev–Trinajstić information content (AvgIpc) is 2.68. The summed E-state index contributed by atoms with van der Waals surface area (Å²) in [6, 6.07) is 0. The van der Waals surface area contributed by atoms with Crippen LogP contribution >= 0.6 is 8.03 Å². The van der Waals surface area contributed by atoms with E-state index in [2.05, 4.69) is 6.58 Å². The number of rotatable bonds is 5. The highest BCUT2D eigenvalue weighted by molar-refractivity contribution is 7.39. The second kappa shape index (κ2) is 3.99. The quantitative estimate of drug-likeness (QED) is 0.394. The van der Waals surface area contributed by atoms with Crippen molar-refractivity contribution in [2.24, 2.45) is 5.92 Å². The zero-order valence-corrected chi connectivity index (χ0v) is 7.46. The third-order valence-electron chi connectivity index (χ3n) is 2.15. The van der Waals surface area contributed by atoms with E-state index in [0.29, 0.717) is 5.92 Å². The lowest BCUT2D eigenvalue weighted by Gasteiger charge is -1.90. The van der Waals surface area contributed by atoms with Gasteiger partial charge in [0.1, 0.15) is 0 Å².